The van der Waals surface area contributed by atoms with E-state index < -0.39 is 0 Å². The molecule has 0 saturated carbocycles. The summed E-state index contributed by atoms with van der Waals surface area (Å²) in [7, 11) is 0. The van der Waals surface area contributed by atoms with Gasteiger partial charge in [-0.25, -0.2) is 0 Å². The Bertz CT molecular complexity index is 530. The summed E-state index contributed by atoms with van der Waals surface area (Å²) in [6, 6.07) is 11.6. The first-order chi connectivity index (χ1) is 8.25. The van der Waals surface area contributed by atoms with Crippen LogP contribution in [0.15, 0.2) is 54.7 Å². The maximum atomic E-state index is 11.7. The Morgan fingerprint density at radius 3 is 2.53 bits per heavy atom. The van der Waals surface area contributed by atoms with Gasteiger partial charge in [-0.1, -0.05) is 6.07 Å². The van der Waals surface area contributed by atoms with Crippen molar-refractivity contribution in [1.29, 1.82) is 0 Å². The minimum Gasteiger partial charge on any atom is -0.508 e. The summed E-state index contributed by atoms with van der Waals surface area (Å²) in [6.45, 7) is 0. The summed E-state index contributed by atoms with van der Waals surface area (Å²) in [5.74, 6) is 0.0332. The third kappa shape index (κ3) is 3.01. The summed E-state index contributed by atoms with van der Waals surface area (Å²) < 4.78 is 0. The minimum absolute atomic E-state index is 0.115. The van der Waals surface area contributed by atoms with Crippen molar-refractivity contribution in [3.05, 3.63) is 66.0 Å². The lowest BCUT2D eigenvalue weighted by molar-refractivity contribution is 0.104. The van der Waals surface area contributed by atoms with Gasteiger partial charge in [0, 0.05) is 11.8 Å². The van der Waals surface area contributed by atoms with E-state index in [0.717, 1.165) is 5.69 Å². The zero-order valence-corrected chi connectivity index (χ0v) is 9.08. The van der Waals surface area contributed by atoms with Crippen molar-refractivity contribution in [3.63, 3.8) is 0 Å². The summed E-state index contributed by atoms with van der Waals surface area (Å²) in [5.41, 5.74) is 1.27. The van der Waals surface area contributed by atoms with Crippen molar-refractivity contribution >= 4 is 11.9 Å². The SMILES string of the molecule is O=C(/C=C/c1ccccn1)c1ccc(O)cc1. The number of phenols is 1. The highest BCUT2D eigenvalue weighted by atomic mass is 16.3. The van der Waals surface area contributed by atoms with Crippen LogP contribution in [-0.2, 0) is 0 Å². The van der Waals surface area contributed by atoms with Crippen LogP contribution in [-0.4, -0.2) is 15.9 Å². The van der Waals surface area contributed by atoms with Crippen LogP contribution in [0.5, 0.6) is 5.75 Å². The van der Waals surface area contributed by atoms with Gasteiger partial charge in [-0.15, -0.1) is 0 Å². The molecule has 0 saturated heterocycles. The standard InChI is InChI=1S/C14H11NO2/c16-13-7-4-11(5-8-13)14(17)9-6-12-3-1-2-10-15-12/h1-10,16H/b9-6+. The molecule has 0 aliphatic carbocycles. The van der Waals surface area contributed by atoms with Crippen LogP contribution in [0.2, 0.25) is 0 Å². The van der Waals surface area contributed by atoms with Crippen molar-refractivity contribution in [2.45, 2.75) is 0 Å². The van der Waals surface area contributed by atoms with Gasteiger partial charge in [0.2, 0.25) is 0 Å². The number of carbonyl (C=O) groups is 1. The quantitative estimate of drug-likeness (QED) is 0.645. The van der Waals surface area contributed by atoms with Crippen molar-refractivity contribution < 1.29 is 9.90 Å². The zero-order valence-electron chi connectivity index (χ0n) is 9.08. The van der Waals surface area contributed by atoms with Gasteiger partial charge in [0.15, 0.2) is 5.78 Å². The Balaban J connectivity index is 2.12. The van der Waals surface area contributed by atoms with Crippen molar-refractivity contribution in [3.8, 4) is 5.75 Å². The largest absolute Gasteiger partial charge is 0.508 e. The van der Waals surface area contributed by atoms with Crippen LogP contribution in [0, 0.1) is 0 Å². The Labute approximate surface area is 99.1 Å². The van der Waals surface area contributed by atoms with Gasteiger partial charge in [-0.2, -0.15) is 0 Å². The minimum atomic E-state index is -0.115. The molecule has 84 valence electrons. The average Bonchev–Trinajstić information content (AvgIpc) is 2.38. The molecule has 2 rings (SSSR count). The number of ketones is 1. The number of aromatic hydroxyl groups is 1. The van der Waals surface area contributed by atoms with Crippen LogP contribution >= 0.6 is 0 Å². The molecular weight excluding hydrogens is 214 g/mol. The molecule has 0 aliphatic heterocycles. The lowest BCUT2D eigenvalue weighted by Crippen LogP contribution is -1.93. The maximum absolute atomic E-state index is 11.7. The van der Waals surface area contributed by atoms with Crippen molar-refractivity contribution in [2.75, 3.05) is 0 Å². The average molecular weight is 225 g/mol. The zero-order chi connectivity index (χ0) is 12.1. The number of allylic oxidation sites excluding steroid dienone is 1. The number of aromatic nitrogens is 1. The first-order valence-corrected chi connectivity index (χ1v) is 5.18. The molecule has 1 aromatic carbocycles. The lowest BCUT2D eigenvalue weighted by Gasteiger charge is -1.96. The smallest absolute Gasteiger partial charge is 0.185 e. The second-order valence-electron chi connectivity index (χ2n) is 3.50. The number of pyridine rings is 1. The van der Waals surface area contributed by atoms with Gasteiger partial charge in [0.1, 0.15) is 5.75 Å². The predicted octanol–water partition coefficient (Wildman–Crippen LogP) is 2.68. The van der Waals surface area contributed by atoms with Gasteiger partial charge < -0.3 is 5.11 Å². The van der Waals surface area contributed by atoms with Gasteiger partial charge >= 0.3 is 0 Å². The van der Waals surface area contributed by atoms with Gasteiger partial charge in [0.05, 0.1) is 5.69 Å². The van der Waals surface area contributed by atoms with E-state index in [1.54, 1.807) is 24.4 Å². The third-order valence-corrected chi connectivity index (χ3v) is 2.25. The van der Waals surface area contributed by atoms with E-state index in [0.29, 0.717) is 5.56 Å². The first-order valence-electron chi connectivity index (χ1n) is 5.18. The molecule has 0 bridgehead atoms. The van der Waals surface area contributed by atoms with Gasteiger partial charge in [-0.3, -0.25) is 9.78 Å². The Hall–Kier alpha value is -2.42. The van der Waals surface area contributed by atoms with E-state index in [-0.39, 0.29) is 11.5 Å². The van der Waals surface area contributed by atoms with E-state index in [4.69, 9.17) is 5.11 Å². The molecule has 0 amide bonds. The molecule has 3 nitrogen and oxygen atoms in total. The highest BCUT2D eigenvalue weighted by Crippen LogP contribution is 2.11. The number of benzene rings is 1. The van der Waals surface area contributed by atoms with E-state index in [9.17, 15) is 4.79 Å². The fourth-order valence-corrected chi connectivity index (χ4v) is 1.36. The van der Waals surface area contributed by atoms with Crippen LogP contribution in [0.1, 0.15) is 16.1 Å². The van der Waals surface area contributed by atoms with Gasteiger partial charge in [-0.05, 0) is 48.6 Å². The molecule has 0 unspecified atom stereocenters. The summed E-state index contributed by atoms with van der Waals surface area (Å²) in [5, 5.41) is 9.11. The molecule has 1 N–H and O–H groups in total. The van der Waals surface area contributed by atoms with E-state index in [1.165, 1.54) is 18.2 Å². The highest BCUT2D eigenvalue weighted by Gasteiger charge is 2.00. The number of phenolic OH excluding ortho intramolecular Hbond substituents is 1. The molecule has 1 aromatic heterocycles. The topological polar surface area (TPSA) is 50.2 Å². The van der Waals surface area contributed by atoms with E-state index >= 15 is 0 Å². The Morgan fingerprint density at radius 1 is 1.12 bits per heavy atom. The molecule has 0 spiro atoms. The van der Waals surface area contributed by atoms with Crippen LogP contribution in [0.4, 0.5) is 0 Å². The fourth-order valence-electron chi connectivity index (χ4n) is 1.36. The number of nitrogens with zero attached hydrogens (tertiary/aromatic N) is 1. The van der Waals surface area contributed by atoms with E-state index in [2.05, 4.69) is 4.98 Å². The number of carbonyl (C=O) groups excluding carboxylic acids is 1. The molecule has 2 aromatic rings. The normalized spacial score (nSPS) is 10.6. The Kier molecular flexibility index (Phi) is 3.31. The van der Waals surface area contributed by atoms with Crippen LogP contribution in [0.3, 0.4) is 0 Å². The maximum Gasteiger partial charge on any atom is 0.185 e. The second-order valence-corrected chi connectivity index (χ2v) is 3.50. The first kappa shape index (κ1) is 11.1. The molecule has 0 atom stereocenters. The summed E-state index contributed by atoms with van der Waals surface area (Å²) in [4.78, 5) is 15.8. The van der Waals surface area contributed by atoms with Crippen molar-refractivity contribution in [2.24, 2.45) is 0 Å². The molecule has 0 fully saturated rings. The monoisotopic (exact) mass is 225 g/mol. The van der Waals surface area contributed by atoms with Crippen LogP contribution < -0.4 is 0 Å². The van der Waals surface area contributed by atoms with Gasteiger partial charge in [0.25, 0.3) is 0 Å². The summed E-state index contributed by atoms with van der Waals surface area (Å²) >= 11 is 0. The van der Waals surface area contributed by atoms with Crippen molar-refractivity contribution in [1.82, 2.24) is 4.98 Å². The third-order valence-electron chi connectivity index (χ3n) is 2.25. The molecule has 0 aliphatic rings. The summed E-state index contributed by atoms with van der Waals surface area (Å²) in [6.07, 6.45) is 4.80. The number of hydrogen-bond acceptors (Lipinski definition) is 3. The predicted molar refractivity (Wildman–Crippen MR) is 65.7 cm³/mol. The molecule has 1 heterocycles. The second kappa shape index (κ2) is 5.07. The number of hydrogen-bond donors (Lipinski definition) is 1. The molecule has 0 radical (unpaired) electrons. The molecule has 17 heavy (non-hydrogen) atoms. The van der Waals surface area contributed by atoms with E-state index in [1.807, 2.05) is 18.2 Å². The number of rotatable bonds is 3. The lowest BCUT2D eigenvalue weighted by atomic mass is 10.1. The highest BCUT2D eigenvalue weighted by molar-refractivity contribution is 6.06. The fraction of sp³-hybridized carbons (Fsp3) is 0. The Morgan fingerprint density at radius 2 is 1.88 bits per heavy atom. The van der Waals surface area contributed by atoms with Crippen LogP contribution in [0.25, 0.3) is 6.08 Å². The molecule has 3 heteroatoms. The molecular formula is C14H11NO2.